The topological polar surface area (TPSA) is 94.0 Å². The molecule has 0 bridgehead atoms. The molecule has 0 spiro atoms. The van der Waals surface area contributed by atoms with Crippen molar-refractivity contribution in [2.45, 2.75) is 27.2 Å². The van der Waals surface area contributed by atoms with Gasteiger partial charge in [-0.25, -0.2) is 15.0 Å². The Morgan fingerprint density at radius 3 is 2.48 bits per heavy atom. The molecule has 2 N–H and O–H groups in total. The van der Waals surface area contributed by atoms with Crippen LogP contribution in [-0.2, 0) is 13.5 Å². The lowest BCUT2D eigenvalue weighted by Crippen LogP contribution is -2.12. The minimum absolute atomic E-state index is 0.205. The summed E-state index contributed by atoms with van der Waals surface area (Å²) in [6, 6.07) is 25.7. The number of anilines is 3. The van der Waals surface area contributed by atoms with Gasteiger partial charge in [-0.1, -0.05) is 43.3 Å². The molecule has 0 unspecified atom stereocenters. The average Bonchev–Trinajstić information content (AvgIpc) is 3.38. The predicted molar refractivity (Wildman–Crippen MR) is 177 cm³/mol. The largest absolute Gasteiger partial charge is 0.478 e. The first kappa shape index (κ1) is 28.6. The molecule has 44 heavy (non-hydrogen) atoms. The van der Waals surface area contributed by atoms with Crippen molar-refractivity contribution in [3.05, 3.63) is 114 Å². The van der Waals surface area contributed by atoms with Crippen molar-refractivity contribution in [2.24, 2.45) is 7.05 Å². The molecule has 3 heterocycles. The third-order valence-electron chi connectivity index (χ3n) is 7.65. The molecular weight excluding hydrogens is 548 g/mol. The number of benzene rings is 3. The van der Waals surface area contributed by atoms with Crippen LogP contribution in [0.25, 0.3) is 33.3 Å². The highest BCUT2D eigenvalue weighted by Gasteiger charge is 2.14. The Bertz CT molecular complexity index is 1950. The quantitative estimate of drug-likeness (QED) is 0.180. The lowest BCUT2D eigenvalue weighted by molar-refractivity contribution is 0.102. The maximum absolute atomic E-state index is 13.4. The Labute approximate surface area is 256 Å². The van der Waals surface area contributed by atoms with Crippen molar-refractivity contribution in [3.8, 4) is 28.3 Å². The second kappa shape index (κ2) is 12.4. The smallest absolute Gasteiger partial charge is 0.255 e. The van der Waals surface area contributed by atoms with Crippen LogP contribution in [0.5, 0.6) is 5.88 Å². The monoisotopic (exact) mass is 582 g/mol. The van der Waals surface area contributed by atoms with Gasteiger partial charge in [0, 0.05) is 70.7 Å². The first-order valence-electron chi connectivity index (χ1n) is 14.7. The van der Waals surface area contributed by atoms with E-state index in [-0.39, 0.29) is 5.91 Å². The summed E-state index contributed by atoms with van der Waals surface area (Å²) in [5, 5.41) is 7.44. The highest BCUT2D eigenvalue weighted by molar-refractivity contribution is 6.06. The lowest BCUT2D eigenvalue weighted by Gasteiger charge is -2.12. The van der Waals surface area contributed by atoms with Gasteiger partial charge in [0.1, 0.15) is 0 Å². The number of amides is 1. The highest BCUT2D eigenvalue weighted by atomic mass is 16.5. The van der Waals surface area contributed by atoms with E-state index >= 15 is 0 Å². The zero-order valence-corrected chi connectivity index (χ0v) is 25.3. The van der Waals surface area contributed by atoms with Gasteiger partial charge in [0.15, 0.2) is 0 Å². The van der Waals surface area contributed by atoms with E-state index in [9.17, 15) is 4.79 Å². The summed E-state index contributed by atoms with van der Waals surface area (Å²) in [7, 11) is 1.99. The van der Waals surface area contributed by atoms with Crippen LogP contribution in [0.15, 0.2) is 97.5 Å². The van der Waals surface area contributed by atoms with Crippen LogP contribution in [0.2, 0.25) is 0 Å². The molecule has 3 aromatic carbocycles. The molecule has 0 atom stereocenters. The van der Waals surface area contributed by atoms with Crippen molar-refractivity contribution < 1.29 is 9.53 Å². The van der Waals surface area contributed by atoms with E-state index < -0.39 is 0 Å². The van der Waals surface area contributed by atoms with Crippen LogP contribution in [-0.4, -0.2) is 32.0 Å². The van der Waals surface area contributed by atoms with Crippen molar-refractivity contribution in [3.63, 3.8) is 0 Å². The molecule has 0 saturated heterocycles. The second-order valence-corrected chi connectivity index (χ2v) is 10.6. The van der Waals surface area contributed by atoms with Gasteiger partial charge in [-0.15, -0.1) is 0 Å². The second-order valence-electron chi connectivity index (χ2n) is 10.6. The fourth-order valence-corrected chi connectivity index (χ4v) is 5.18. The fourth-order valence-electron chi connectivity index (χ4n) is 5.18. The van der Waals surface area contributed by atoms with E-state index in [4.69, 9.17) is 9.72 Å². The molecule has 6 rings (SSSR count). The number of carbonyl (C=O) groups excluding carboxylic acids is 1. The number of hydrogen-bond donors (Lipinski definition) is 2. The normalized spacial score (nSPS) is 11.0. The number of hydrogen-bond acceptors (Lipinski definition) is 6. The summed E-state index contributed by atoms with van der Waals surface area (Å²) in [5.74, 6) is 0.869. The van der Waals surface area contributed by atoms with E-state index in [1.165, 1.54) is 5.56 Å². The van der Waals surface area contributed by atoms with Crippen LogP contribution in [0.3, 0.4) is 0 Å². The first-order valence-corrected chi connectivity index (χ1v) is 14.7. The standard InChI is InChI=1S/C36H34N6O2/c1-5-24-8-11-25(12-9-24)31-17-18-37-36(40-31)41-32-19-26(10-7-23(32)3)35(43)39-28-14-15-29-30(22-42(4)33(29)20-28)27-13-16-34(38-21-27)44-6-2/h7-22H,5-6H2,1-4H3,(H,39,43)(H,37,40,41). The van der Waals surface area contributed by atoms with Crippen molar-refractivity contribution in [2.75, 3.05) is 17.2 Å². The molecule has 0 aliphatic carbocycles. The summed E-state index contributed by atoms with van der Waals surface area (Å²) in [6.07, 6.45) is 6.62. The number of pyridine rings is 1. The maximum Gasteiger partial charge on any atom is 0.255 e. The number of aromatic nitrogens is 4. The Hall–Kier alpha value is -5.50. The summed E-state index contributed by atoms with van der Waals surface area (Å²) < 4.78 is 7.54. The van der Waals surface area contributed by atoms with Crippen LogP contribution in [0.4, 0.5) is 17.3 Å². The van der Waals surface area contributed by atoms with Crippen molar-refractivity contribution >= 4 is 34.1 Å². The van der Waals surface area contributed by atoms with Crippen molar-refractivity contribution in [1.82, 2.24) is 19.5 Å². The molecule has 6 aromatic rings. The summed E-state index contributed by atoms with van der Waals surface area (Å²) >= 11 is 0. The Morgan fingerprint density at radius 2 is 1.73 bits per heavy atom. The van der Waals surface area contributed by atoms with Gasteiger partial charge in [-0.05, 0) is 67.8 Å². The molecular formula is C36H34N6O2. The number of ether oxygens (including phenoxy) is 1. The van der Waals surface area contributed by atoms with E-state index in [2.05, 4.69) is 62.6 Å². The van der Waals surface area contributed by atoms with Gasteiger partial charge in [-0.3, -0.25) is 4.79 Å². The number of aryl methyl sites for hydroxylation is 3. The van der Waals surface area contributed by atoms with Gasteiger partial charge in [0.25, 0.3) is 5.91 Å². The van der Waals surface area contributed by atoms with Gasteiger partial charge < -0.3 is 19.9 Å². The van der Waals surface area contributed by atoms with E-state index in [1.807, 2.05) is 81.7 Å². The molecule has 0 aliphatic rings. The number of carbonyl (C=O) groups is 1. The summed E-state index contributed by atoms with van der Waals surface area (Å²) in [4.78, 5) is 26.9. The Balaban J connectivity index is 1.20. The minimum atomic E-state index is -0.205. The zero-order valence-electron chi connectivity index (χ0n) is 25.3. The van der Waals surface area contributed by atoms with E-state index in [1.54, 1.807) is 6.20 Å². The molecule has 8 nitrogen and oxygen atoms in total. The fraction of sp³-hybridized carbons (Fsp3) is 0.167. The molecule has 0 aliphatic heterocycles. The lowest BCUT2D eigenvalue weighted by atomic mass is 10.1. The molecule has 3 aromatic heterocycles. The van der Waals surface area contributed by atoms with Gasteiger partial charge in [0.05, 0.1) is 17.8 Å². The maximum atomic E-state index is 13.4. The number of fused-ring (bicyclic) bond motifs is 1. The molecule has 0 radical (unpaired) electrons. The molecule has 1 amide bonds. The summed E-state index contributed by atoms with van der Waals surface area (Å²) in [5.41, 5.74) is 9.17. The van der Waals surface area contributed by atoms with Crippen LogP contribution < -0.4 is 15.4 Å². The number of rotatable bonds is 9. The number of nitrogens with one attached hydrogen (secondary N) is 2. The first-order chi connectivity index (χ1) is 21.4. The van der Waals surface area contributed by atoms with Crippen LogP contribution in [0, 0.1) is 6.92 Å². The van der Waals surface area contributed by atoms with E-state index in [0.717, 1.165) is 51.0 Å². The number of nitrogens with zero attached hydrogens (tertiary/aromatic N) is 4. The van der Waals surface area contributed by atoms with Gasteiger partial charge in [-0.2, -0.15) is 0 Å². The van der Waals surface area contributed by atoms with Gasteiger partial charge in [0.2, 0.25) is 11.8 Å². The molecule has 0 saturated carbocycles. The average molecular weight is 583 g/mol. The zero-order chi connectivity index (χ0) is 30.6. The Kier molecular flexibility index (Phi) is 8.06. The third kappa shape index (κ3) is 6.01. The highest BCUT2D eigenvalue weighted by Crippen LogP contribution is 2.32. The van der Waals surface area contributed by atoms with Crippen LogP contribution >= 0.6 is 0 Å². The molecule has 220 valence electrons. The molecule has 8 heteroatoms. The van der Waals surface area contributed by atoms with E-state index in [0.29, 0.717) is 29.7 Å². The Morgan fingerprint density at radius 1 is 0.909 bits per heavy atom. The predicted octanol–water partition coefficient (Wildman–Crippen LogP) is 7.96. The summed E-state index contributed by atoms with van der Waals surface area (Å²) in [6.45, 7) is 6.64. The molecule has 0 fully saturated rings. The minimum Gasteiger partial charge on any atom is -0.478 e. The van der Waals surface area contributed by atoms with Crippen LogP contribution in [0.1, 0.15) is 35.3 Å². The van der Waals surface area contributed by atoms with Gasteiger partial charge >= 0.3 is 0 Å². The van der Waals surface area contributed by atoms with Crippen molar-refractivity contribution in [1.29, 1.82) is 0 Å². The SMILES string of the molecule is CCOc1ccc(-c2cn(C)c3cc(NC(=O)c4ccc(C)c(Nc5nccc(-c6ccc(CC)cc6)n5)c4)ccc23)cn1. The third-order valence-corrected chi connectivity index (χ3v) is 7.65.